The van der Waals surface area contributed by atoms with Gasteiger partial charge in [0, 0.05) is 35.2 Å². The van der Waals surface area contributed by atoms with Gasteiger partial charge in [0.05, 0.1) is 13.2 Å². The molecule has 1 amide bonds. The summed E-state index contributed by atoms with van der Waals surface area (Å²) in [5, 5.41) is 3.62. The van der Waals surface area contributed by atoms with Gasteiger partial charge in [-0.05, 0) is 43.7 Å². The molecule has 1 aliphatic rings. The number of carbonyl (C=O) groups excluding carboxylic acids is 1. The van der Waals surface area contributed by atoms with Crippen LogP contribution in [0.2, 0.25) is 0 Å². The summed E-state index contributed by atoms with van der Waals surface area (Å²) in [6.45, 7) is 4.64. The van der Waals surface area contributed by atoms with Crippen LogP contribution in [0.25, 0.3) is 11.0 Å². The van der Waals surface area contributed by atoms with Crippen LogP contribution < -0.4 is 25.2 Å². The molecule has 2 aromatic carbocycles. The molecule has 0 saturated carbocycles. The molecule has 0 fully saturated rings. The molecule has 0 unspecified atom stereocenters. The van der Waals surface area contributed by atoms with E-state index in [2.05, 4.69) is 5.32 Å². The van der Waals surface area contributed by atoms with Gasteiger partial charge in [-0.2, -0.15) is 0 Å². The van der Waals surface area contributed by atoms with Crippen LogP contribution in [-0.4, -0.2) is 25.7 Å². The van der Waals surface area contributed by atoms with E-state index in [-0.39, 0.29) is 12.5 Å². The molecule has 4 rings (SSSR count). The largest absolute Gasteiger partial charge is 0.490 e. The van der Waals surface area contributed by atoms with Gasteiger partial charge in [-0.15, -0.1) is 0 Å². The standard InChI is InChI=1S/C22H21NO6/c1-13-10-21(25)29-22-14(2)17(7-5-16(13)22)28-12-20(24)23-15-4-6-18-19(11-15)27-9-3-8-26-18/h4-7,10-11H,3,8-9,12H2,1-2H3,(H,23,24). The summed E-state index contributed by atoms with van der Waals surface area (Å²) in [6.07, 6.45) is 0.814. The van der Waals surface area contributed by atoms with Gasteiger partial charge in [-0.3, -0.25) is 4.79 Å². The second-order valence-corrected chi connectivity index (χ2v) is 6.86. The number of nitrogens with one attached hydrogen (secondary N) is 1. The molecule has 150 valence electrons. The van der Waals surface area contributed by atoms with Crippen molar-refractivity contribution in [1.82, 2.24) is 0 Å². The summed E-state index contributed by atoms with van der Waals surface area (Å²) >= 11 is 0. The molecule has 7 nitrogen and oxygen atoms in total. The van der Waals surface area contributed by atoms with Crippen molar-refractivity contribution in [1.29, 1.82) is 0 Å². The number of fused-ring (bicyclic) bond motifs is 2. The maximum Gasteiger partial charge on any atom is 0.336 e. The Morgan fingerprint density at radius 2 is 1.86 bits per heavy atom. The predicted molar refractivity (Wildman–Crippen MR) is 108 cm³/mol. The molecule has 0 spiro atoms. The SMILES string of the molecule is Cc1cc(=O)oc2c(C)c(OCC(=O)Nc3ccc4c(c3)OCCCO4)ccc12. The van der Waals surface area contributed by atoms with E-state index in [1.807, 2.05) is 13.0 Å². The molecule has 29 heavy (non-hydrogen) atoms. The van der Waals surface area contributed by atoms with Gasteiger partial charge in [0.25, 0.3) is 5.91 Å². The minimum atomic E-state index is -0.414. The predicted octanol–water partition coefficient (Wildman–Crippen LogP) is 3.59. The fourth-order valence-corrected chi connectivity index (χ4v) is 3.24. The molecule has 1 N–H and O–H groups in total. The number of benzene rings is 2. The van der Waals surface area contributed by atoms with Crippen LogP contribution >= 0.6 is 0 Å². The molecule has 1 aromatic heterocycles. The number of amides is 1. The van der Waals surface area contributed by atoms with Gasteiger partial charge in [0.2, 0.25) is 0 Å². The molecule has 0 atom stereocenters. The summed E-state index contributed by atoms with van der Waals surface area (Å²) in [4.78, 5) is 24.0. The quantitative estimate of drug-likeness (QED) is 0.680. The van der Waals surface area contributed by atoms with Crippen LogP contribution in [0, 0.1) is 13.8 Å². The lowest BCUT2D eigenvalue weighted by Gasteiger charge is -2.13. The summed E-state index contributed by atoms with van der Waals surface area (Å²) in [5.74, 6) is 1.45. The second kappa shape index (κ2) is 7.87. The van der Waals surface area contributed by atoms with Crippen LogP contribution in [0.3, 0.4) is 0 Å². The van der Waals surface area contributed by atoms with Crippen molar-refractivity contribution in [3.8, 4) is 17.2 Å². The Labute approximate surface area is 167 Å². The molecule has 7 heteroatoms. The summed E-state index contributed by atoms with van der Waals surface area (Å²) in [6, 6.07) is 10.3. The first-order chi connectivity index (χ1) is 14.0. The molecular formula is C22H21NO6. The third-order valence-electron chi connectivity index (χ3n) is 4.71. The molecule has 3 aromatic rings. The Morgan fingerprint density at radius 3 is 2.69 bits per heavy atom. The average molecular weight is 395 g/mol. The van der Waals surface area contributed by atoms with Crippen molar-refractivity contribution in [2.75, 3.05) is 25.1 Å². The van der Waals surface area contributed by atoms with Crippen molar-refractivity contribution in [3.05, 3.63) is 57.9 Å². The van der Waals surface area contributed by atoms with Crippen molar-refractivity contribution in [3.63, 3.8) is 0 Å². The number of carbonyl (C=O) groups is 1. The number of hydrogen-bond donors (Lipinski definition) is 1. The number of rotatable bonds is 4. The van der Waals surface area contributed by atoms with E-state index in [1.54, 1.807) is 31.2 Å². The highest BCUT2D eigenvalue weighted by atomic mass is 16.5. The lowest BCUT2D eigenvalue weighted by molar-refractivity contribution is -0.118. The van der Waals surface area contributed by atoms with E-state index in [0.717, 1.165) is 17.4 Å². The fraction of sp³-hybridized carbons (Fsp3) is 0.273. The minimum absolute atomic E-state index is 0.184. The highest BCUT2D eigenvalue weighted by molar-refractivity contribution is 5.92. The number of aryl methyl sites for hydroxylation is 2. The second-order valence-electron chi connectivity index (χ2n) is 6.86. The first kappa shape index (κ1) is 18.9. The van der Waals surface area contributed by atoms with Crippen molar-refractivity contribution in [2.45, 2.75) is 20.3 Å². The molecule has 0 radical (unpaired) electrons. The molecular weight excluding hydrogens is 374 g/mol. The minimum Gasteiger partial charge on any atom is -0.490 e. The highest BCUT2D eigenvalue weighted by Gasteiger charge is 2.14. The zero-order valence-corrected chi connectivity index (χ0v) is 16.2. The van der Waals surface area contributed by atoms with Crippen molar-refractivity contribution < 1.29 is 23.4 Å². The lowest BCUT2D eigenvalue weighted by atomic mass is 10.1. The summed E-state index contributed by atoms with van der Waals surface area (Å²) in [5.41, 5.74) is 2.16. The lowest BCUT2D eigenvalue weighted by Crippen LogP contribution is -2.20. The zero-order chi connectivity index (χ0) is 20.4. The maximum absolute atomic E-state index is 12.3. The number of ether oxygens (including phenoxy) is 3. The Kier molecular flexibility index (Phi) is 5.12. The van der Waals surface area contributed by atoms with Crippen molar-refractivity contribution in [2.24, 2.45) is 0 Å². The van der Waals surface area contributed by atoms with Gasteiger partial charge in [0.1, 0.15) is 11.3 Å². The van der Waals surface area contributed by atoms with E-state index >= 15 is 0 Å². The Bertz CT molecular complexity index is 1130. The van der Waals surface area contributed by atoms with E-state index in [4.69, 9.17) is 18.6 Å². The third-order valence-corrected chi connectivity index (χ3v) is 4.71. The topological polar surface area (TPSA) is 87.0 Å². The van der Waals surface area contributed by atoms with Crippen LogP contribution in [0.15, 0.2) is 45.6 Å². The monoisotopic (exact) mass is 395 g/mol. The van der Waals surface area contributed by atoms with Gasteiger partial charge in [-0.1, -0.05) is 0 Å². The van der Waals surface area contributed by atoms with Crippen molar-refractivity contribution >= 4 is 22.6 Å². The first-order valence-electron chi connectivity index (χ1n) is 9.37. The Balaban J connectivity index is 1.45. The van der Waals surface area contributed by atoms with Crippen LogP contribution in [0.4, 0.5) is 5.69 Å². The number of anilines is 1. The smallest absolute Gasteiger partial charge is 0.336 e. The molecule has 0 bridgehead atoms. The van der Waals surface area contributed by atoms with Crippen LogP contribution in [0.5, 0.6) is 17.2 Å². The maximum atomic E-state index is 12.3. The van der Waals surface area contributed by atoms with Gasteiger partial charge in [-0.25, -0.2) is 4.79 Å². The van der Waals surface area contributed by atoms with Crippen LogP contribution in [0.1, 0.15) is 17.5 Å². The van der Waals surface area contributed by atoms with Gasteiger partial charge < -0.3 is 23.9 Å². The average Bonchev–Trinajstić information content (AvgIpc) is 2.93. The Morgan fingerprint density at radius 1 is 1.07 bits per heavy atom. The van der Waals surface area contributed by atoms with E-state index in [1.165, 1.54) is 6.07 Å². The third kappa shape index (κ3) is 4.03. The molecule has 1 aliphatic heterocycles. The Hall–Kier alpha value is -3.48. The summed E-state index contributed by atoms with van der Waals surface area (Å²) in [7, 11) is 0. The van der Waals surface area contributed by atoms with Gasteiger partial charge in [0.15, 0.2) is 18.1 Å². The van der Waals surface area contributed by atoms with E-state index < -0.39 is 5.63 Å². The normalized spacial score (nSPS) is 13.0. The fourth-order valence-electron chi connectivity index (χ4n) is 3.24. The van der Waals surface area contributed by atoms with E-state index in [0.29, 0.717) is 47.3 Å². The van der Waals surface area contributed by atoms with Gasteiger partial charge >= 0.3 is 5.63 Å². The molecule has 2 heterocycles. The molecule has 0 aliphatic carbocycles. The highest BCUT2D eigenvalue weighted by Crippen LogP contribution is 2.32. The van der Waals surface area contributed by atoms with Crippen LogP contribution in [-0.2, 0) is 4.79 Å². The zero-order valence-electron chi connectivity index (χ0n) is 16.2. The summed E-state index contributed by atoms with van der Waals surface area (Å²) < 4.78 is 22.2. The van der Waals surface area contributed by atoms with E-state index in [9.17, 15) is 9.59 Å². The number of hydrogen-bond acceptors (Lipinski definition) is 6. The molecule has 0 saturated heterocycles. The first-order valence-corrected chi connectivity index (χ1v) is 9.37.